The highest BCUT2D eigenvalue weighted by Crippen LogP contribution is 2.36. The Bertz CT molecular complexity index is 1350. The zero-order chi connectivity index (χ0) is 24.9. The summed E-state index contributed by atoms with van der Waals surface area (Å²) in [5.41, 5.74) is 1.50. The molecule has 10 heteroatoms. The minimum Gasteiger partial charge on any atom is -0.493 e. The minimum absolute atomic E-state index is 0.223. The van der Waals surface area contributed by atoms with Crippen LogP contribution < -0.4 is 14.2 Å². The maximum absolute atomic E-state index is 11.3. The maximum atomic E-state index is 11.3. The van der Waals surface area contributed by atoms with Gasteiger partial charge in [-0.1, -0.05) is 0 Å². The molecule has 0 saturated carbocycles. The standard InChI is InChI=1S/C26H30N6O4/c1-18(33)16-32-9-7-31(8-10-32)6-3-11-35-24-14-22-21(13-23(24)34-2)26(30-17-29-22)36-20-12-19-4-5-27-25(19)28-15-20/h4-5,12-15,17H,3,6-11,16H2,1-2H3,(H,27,28). The van der Waals surface area contributed by atoms with Gasteiger partial charge in [-0.05, 0) is 31.5 Å². The molecule has 0 atom stereocenters. The second kappa shape index (κ2) is 10.9. The van der Waals surface area contributed by atoms with Crippen molar-refractivity contribution in [1.29, 1.82) is 0 Å². The number of aromatic nitrogens is 4. The first kappa shape index (κ1) is 24.0. The molecule has 1 fully saturated rings. The zero-order valence-electron chi connectivity index (χ0n) is 20.6. The number of methoxy groups -OCH3 is 1. The van der Waals surface area contributed by atoms with Crippen LogP contribution in [-0.2, 0) is 4.79 Å². The summed E-state index contributed by atoms with van der Waals surface area (Å²) in [4.78, 5) is 32.1. The van der Waals surface area contributed by atoms with E-state index in [1.807, 2.05) is 30.5 Å². The van der Waals surface area contributed by atoms with E-state index < -0.39 is 0 Å². The van der Waals surface area contributed by atoms with Crippen molar-refractivity contribution in [1.82, 2.24) is 29.7 Å². The molecule has 0 bridgehead atoms. The van der Waals surface area contributed by atoms with Crippen molar-refractivity contribution in [3.63, 3.8) is 0 Å². The van der Waals surface area contributed by atoms with Crippen LogP contribution in [0.25, 0.3) is 21.9 Å². The van der Waals surface area contributed by atoms with Crippen LogP contribution in [0, 0.1) is 0 Å². The fourth-order valence-electron chi connectivity index (χ4n) is 4.44. The molecule has 4 heterocycles. The number of nitrogens with zero attached hydrogens (tertiary/aromatic N) is 5. The molecule has 1 aliphatic rings. The predicted molar refractivity (Wildman–Crippen MR) is 136 cm³/mol. The Hall–Kier alpha value is -3.76. The number of carbonyl (C=O) groups is 1. The number of hydrogen-bond acceptors (Lipinski definition) is 9. The number of piperazine rings is 1. The van der Waals surface area contributed by atoms with Gasteiger partial charge < -0.3 is 24.1 Å². The van der Waals surface area contributed by atoms with Crippen LogP contribution in [0.15, 0.2) is 43.0 Å². The number of nitrogens with one attached hydrogen (secondary N) is 1. The first-order valence-corrected chi connectivity index (χ1v) is 12.1. The summed E-state index contributed by atoms with van der Waals surface area (Å²) in [6, 6.07) is 7.55. The number of ether oxygens (including phenoxy) is 3. The molecule has 0 aliphatic carbocycles. The topological polar surface area (TPSA) is 106 Å². The van der Waals surface area contributed by atoms with Crippen molar-refractivity contribution in [2.24, 2.45) is 0 Å². The van der Waals surface area contributed by atoms with E-state index in [4.69, 9.17) is 14.2 Å². The van der Waals surface area contributed by atoms with Crippen LogP contribution in [0.3, 0.4) is 0 Å². The zero-order valence-corrected chi connectivity index (χ0v) is 20.6. The van der Waals surface area contributed by atoms with Gasteiger partial charge in [0.15, 0.2) is 11.5 Å². The average Bonchev–Trinajstić information content (AvgIpc) is 3.35. The van der Waals surface area contributed by atoms with E-state index >= 15 is 0 Å². The lowest BCUT2D eigenvalue weighted by atomic mass is 10.2. The van der Waals surface area contributed by atoms with Crippen molar-refractivity contribution in [3.05, 3.63) is 43.0 Å². The number of Topliss-reactive ketones (excluding diaryl/α,β-unsaturated/α-hetero) is 1. The lowest BCUT2D eigenvalue weighted by molar-refractivity contribution is -0.118. The fourth-order valence-corrected chi connectivity index (χ4v) is 4.44. The number of hydrogen-bond donors (Lipinski definition) is 1. The number of carbonyl (C=O) groups excluding carboxylic acids is 1. The SMILES string of the molecule is COc1cc2c(Oc3cnc4[nH]ccc4c3)ncnc2cc1OCCCN1CCN(CC(C)=O)CC1. The summed E-state index contributed by atoms with van der Waals surface area (Å²) in [5.74, 6) is 2.46. The predicted octanol–water partition coefficient (Wildman–Crippen LogP) is 3.28. The Balaban J connectivity index is 1.21. The van der Waals surface area contributed by atoms with Gasteiger partial charge in [0.2, 0.25) is 5.88 Å². The normalized spacial score (nSPS) is 14.8. The number of pyridine rings is 1. The molecule has 0 amide bonds. The molecule has 0 radical (unpaired) electrons. The number of H-pyrrole nitrogens is 1. The molecule has 1 N–H and O–H groups in total. The fraction of sp³-hybridized carbons (Fsp3) is 0.385. The highest BCUT2D eigenvalue weighted by Gasteiger charge is 2.18. The minimum atomic E-state index is 0.223. The van der Waals surface area contributed by atoms with Gasteiger partial charge in [0.25, 0.3) is 0 Å². The van der Waals surface area contributed by atoms with Crippen molar-refractivity contribution >= 4 is 27.7 Å². The quantitative estimate of drug-likeness (QED) is 0.335. The van der Waals surface area contributed by atoms with Gasteiger partial charge in [0.1, 0.15) is 23.5 Å². The molecular formula is C26H30N6O4. The molecule has 1 aliphatic heterocycles. The largest absolute Gasteiger partial charge is 0.493 e. The van der Waals surface area contributed by atoms with Gasteiger partial charge in [-0.2, -0.15) is 0 Å². The molecular weight excluding hydrogens is 460 g/mol. The van der Waals surface area contributed by atoms with Gasteiger partial charge in [0.05, 0.1) is 37.4 Å². The summed E-state index contributed by atoms with van der Waals surface area (Å²) >= 11 is 0. The van der Waals surface area contributed by atoms with E-state index in [0.717, 1.165) is 55.6 Å². The molecule has 0 unspecified atom stereocenters. The van der Waals surface area contributed by atoms with Crippen molar-refractivity contribution < 1.29 is 19.0 Å². The molecule has 0 spiro atoms. The molecule has 1 aromatic carbocycles. The van der Waals surface area contributed by atoms with E-state index in [1.165, 1.54) is 6.33 Å². The summed E-state index contributed by atoms with van der Waals surface area (Å²) in [6.07, 6.45) is 5.86. The summed E-state index contributed by atoms with van der Waals surface area (Å²) < 4.78 is 17.7. The number of benzene rings is 1. The third kappa shape index (κ3) is 5.55. The average molecular weight is 491 g/mol. The third-order valence-corrected chi connectivity index (χ3v) is 6.26. The summed E-state index contributed by atoms with van der Waals surface area (Å²) in [6.45, 7) is 7.50. The van der Waals surface area contributed by atoms with Gasteiger partial charge >= 0.3 is 0 Å². The lowest BCUT2D eigenvalue weighted by Gasteiger charge is -2.34. The highest BCUT2D eigenvalue weighted by atomic mass is 16.5. The molecule has 36 heavy (non-hydrogen) atoms. The third-order valence-electron chi connectivity index (χ3n) is 6.26. The Labute approximate surface area is 209 Å². The van der Waals surface area contributed by atoms with Crippen molar-refractivity contribution in [3.8, 4) is 23.1 Å². The Morgan fingerprint density at radius 2 is 1.89 bits per heavy atom. The van der Waals surface area contributed by atoms with E-state index in [2.05, 4.69) is 29.7 Å². The number of rotatable bonds is 10. The van der Waals surface area contributed by atoms with Crippen molar-refractivity contribution in [2.75, 3.05) is 53.0 Å². The van der Waals surface area contributed by atoms with Crippen molar-refractivity contribution in [2.45, 2.75) is 13.3 Å². The number of fused-ring (bicyclic) bond motifs is 2. The Kier molecular flexibility index (Phi) is 7.24. The number of aromatic amines is 1. The lowest BCUT2D eigenvalue weighted by Crippen LogP contribution is -2.47. The number of ketones is 1. The molecule has 1 saturated heterocycles. The van der Waals surface area contributed by atoms with Gasteiger partial charge in [-0.15, -0.1) is 0 Å². The maximum Gasteiger partial charge on any atom is 0.230 e. The molecule has 188 valence electrons. The van der Waals surface area contributed by atoms with E-state index in [0.29, 0.717) is 41.8 Å². The Morgan fingerprint density at radius 3 is 2.69 bits per heavy atom. The van der Waals surface area contributed by atoms with Crippen LogP contribution in [0.4, 0.5) is 0 Å². The summed E-state index contributed by atoms with van der Waals surface area (Å²) in [7, 11) is 1.61. The van der Waals surface area contributed by atoms with Gasteiger partial charge in [-0.25, -0.2) is 15.0 Å². The summed E-state index contributed by atoms with van der Waals surface area (Å²) in [5, 5.41) is 1.68. The second-order valence-electron chi connectivity index (χ2n) is 8.91. The van der Waals surface area contributed by atoms with Crippen LogP contribution in [-0.4, -0.2) is 88.5 Å². The Morgan fingerprint density at radius 1 is 1.06 bits per heavy atom. The smallest absolute Gasteiger partial charge is 0.230 e. The monoisotopic (exact) mass is 490 g/mol. The van der Waals surface area contributed by atoms with Gasteiger partial charge in [0, 0.05) is 50.4 Å². The first-order chi connectivity index (χ1) is 17.6. The second-order valence-corrected chi connectivity index (χ2v) is 8.91. The molecule has 10 nitrogen and oxygen atoms in total. The van der Waals surface area contributed by atoms with Crippen LogP contribution in [0.5, 0.6) is 23.1 Å². The van der Waals surface area contributed by atoms with Crippen LogP contribution in [0.1, 0.15) is 13.3 Å². The van der Waals surface area contributed by atoms with Crippen LogP contribution in [0.2, 0.25) is 0 Å². The van der Waals surface area contributed by atoms with E-state index in [-0.39, 0.29) is 5.78 Å². The molecule has 4 aromatic rings. The molecule has 5 rings (SSSR count). The van der Waals surface area contributed by atoms with E-state index in [1.54, 1.807) is 20.2 Å². The highest BCUT2D eigenvalue weighted by molar-refractivity contribution is 5.87. The van der Waals surface area contributed by atoms with E-state index in [9.17, 15) is 4.79 Å². The van der Waals surface area contributed by atoms with Crippen LogP contribution >= 0.6 is 0 Å². The first-order valence-electron chi connectivity index (χ1n) is 12.1. The van der Waals surface area contributed by atoms with Gasteiger partial charge in [-0.3, -0.25) is 9.69 Å². The molecule has 3 aromatic heterocycles.